The van der Waals surface area contributed by atoms with Crippen molar-refractivity contribution in [2.75, 3.05) is 19.0 Å². The third-order valence-corrected chi connectivity index (χ3v) is 3.74. The van der Waals surface area contributed by atoms with Gasteiger partial charge in [0.1, 0.15) is 0 Å². The van der Waals surface area contributed by atoms with E-state index in [1.165, 1.54) is 13.2 Å². The maximum atomic E-state index is 10.8. The van der Waals surface area contributed by atoms with Gasteiger partial charge >= 0.3 is 5.69 Å². The van der Waals surface area contributed by atoms with E-state index in [2.05, 4.69) is 10.3 Å². The zero-order chi connectivity index (χ0) is 14.5. The molecule has 2 aromatic rings. The molecule has 1 heterocycles. The first-order chi connectivity index (χ1) is 9.60. The summed E-state index contributed by atoms with van der Waals surface area (Å²) in [5.41, 5.74) is 1.79. The number of rotatable bonds is 6. The molecule has 1 N–H and O–H groups in total. The van der Waals surface area contributed by atoms with Crippen LogP contribution in [0.1, 0.15) is 10.7 Å². The molecule has 0 amide bonds. The zero-order valence-electron chi connectivity index (χ0n) is 11.3. The van der Waals surface area contributed by atoms with E-state index in [0.29, 0.717) is 6.54 Å². The Bertz CT molecular complexity index is 613. The monoisotopic (exact) mass is 293 g/mol. The number of ether oxygens (including phenoxy) is 1. The van der Waals surface area contributed by atoms with Crippen molar-refractivity contribution in [2.24, 2.45) is 0 Å². The van der Waals surface area contributed by atoms with Crippen LogP contribution in [0.4, 0.5) is 11.4 Å². The Morgan fingerprint density at radius 3 is 2.90 bits per heavy atom. The van der Waals surface area contributed by atoms with Gasteiger partial charge in [0.05, 0.1) is 17.0 Å². The van der Waals surface area contributed by atoms with Gasteiger partial charge in [-0.05, 0) is 13.0 Å². The molecule has 0 aliphatic carbocycles. The highest BCUT2D eigenvalue weighted by molar-refractivity contribution is 7.09. The fourth-order valence-corrected chi connectivity index (χ4v) is 2.55. The fraction of sp³-hybridized carbons (Fsp3) is 0.308. The number of hydrogen-bond acceptors (Lipinski definition) is 6. The molecular formula is C13H15N3O3S. The highest BCUT2D eigenvalue weighted by Crippen LogP contribution is 2.29. The second-order valence-electron chi connectivity index (χ2n) is 4.20. The molecule has 106 valence electrons. The van der Waals surface area contributed by atoms with Crippen LogP contribution in [0.2, 0.25) is 0 Å². The molecule has 0 spiro atoms. The minimum absolute atomic E-state index is 0.0337. The highest BCUT2D eigenvalue weighted by atomic mass is 32.1. The van der Waals surface area contributed by atoms with E-state index < -0.39 is 4.92 Å². The standard InChI is InChI=1S/C13H15N3O3S/c1-9-8-20-13(15-9)5-6-14-10-3-4-11(16(17)18)12(7-10)19-2/h3-4,7-8,14H,5-6H2,1-2H3. The highest BCUT2D eigenvalue weighted by Gasteiger charge is 2.14. The lowest BCUT2D eigenvalue weighted by Crippen LogP contribution is -2.05. The molecule has 6 nitrogen and oxygen atoms in total. The lowest BCUT2D eigenvalue weighted by atomic mass is 10.2. The van der Waals surface area contributed by atoms with Crippen LogP contribution in [0.5, 0.6) is 5.75 Å². The van der Waals surface area contributed by atoms with E-state index in [9.17, 15) is 10.1 Å². The van der Waals surface area contributed by atoms with Crippen LogP contribution in [0.25, 0.3) is 0 Å². The number of nitro benzene ring substituents is 1. The van der Waals surface area contributed by atoms with Crippen molar-refractivity contribution in [3.8, 4) is 5.75 Å². The minimum Gasteiger partial charge on any atom is -0.490 e. The third-order valence-electron chi connectivity index (χ3n) is 2.71. The summed E-state index contributed by atoms with van der Waals surface area (Å²) in [6.45, 7) is 2.68. The number of nitrogens with one attached hydrogen (secondary N) is 1. The van der Waals surface area contributed by atoms with E-state index in [4.69, 9.17) is 4.74 Å². The van der Waals surface area contributed by atoms with Gasteiger partial charge in [0.2, 0.25) is 0 Å². The molecule has 7 heteroatoms. The SMILES string of the molecule is COc1cc(NCCc2nc(C)cs2)ccc1[N+](=O)[O-]. The minimum atomic E-state index is -0.457. The Balaban J connectivity index is 1.97. The number of hydrogen-bond donors (Lipinski definition) is 1. The van der Waals surface area contributed by atoms with E-state index in [1.54, 1.807) is 23.5 Å². The number of benzene rings is 1. The van der Waals surface area contributed by atoms with Gasteiger partial charge in [-0.2, -0.15) is 0 Å². The molecule has 0 unspecified atom stereocenters. The maximum Gasteiger partial charge on any atom is 0.311 e. The topological polar surface area (TPSA) is 77.3 Å². The predicted octanol–water partition coefficient (Wildman–Crippen LogP) is 3.02. The molecular weight excluding hydrogens is 278 g/mol. The molecule has 0 fully saturated rings. The van der Waals surface area contributed by atoms with Crippen LogP contribution in [-0.2, 0) is 6.42 Å². The zero-order valence-corrected chi connectivity index (χ0v) is 12.1. The number of nitro groups is 1. The maximum absolute atomic E-state index is 10.8. The number of aromatic nitrogens is 1. The lowest BCUT2D eigenvalue weighted by molar-refractivity contribution is -0.385. The lowest BCUT2D eigenvalue weighted by Gasteiger charge is -2.07. The second kappa shape index (κ2) is 6.33. The van der Waals surface area contributed by atoms with Crippen LogP contribution in [0, 0.1) is 17.0 Å². The van der Waals surface area contributed by atoms with Crippen molar-refractivity contribution >= 4 is 22.7 Å². The summed E-state index contributed by atoms with van der Waals surface area (Å²) < 4.78 is 5.02. The number of aryl methyl sites for hydroxylation is 1. The third kappa shape index (κ3) is 3.45. The molecule has 0 bridgehead atoms. The van der Waals surface area contributed by atoms with Crippen molar-refractivity contribution in [1.82, 2.24) is 4.98 Å². The smallest absolute Gasteiger partial charge is 0.311 e. The summed E-state index contributed by atoms with van der Waals surface area (Å²) in [6, 6.07) is 4.74. The van der Waals surface area contributed by atoms with Gasteiger partial charge in [-0.25, -0.2) is 4.98 Å². The molecule has 1 aromatic heterocycles. The van der Waals surface area contributed by atoms with Crippen LogP contribution in [0.15, 0.2) is 23.6 Å². The second-order valence-corrected chi connectivity index (χ2v) is 5.15. The normalized spacial score (nSPS) is 10.3. The van der Waals surface area contributed by atoms with Gasteiger partial charge in [-0.15, -0.1) is 11.3 Å². The largest absolute Gasteiger partial charge is 0.490 e. The summed E-state index contributed by atoms with van der Waals surface area (Å²) in [5, 5.41) is 17.1. The summed E-state index contributed by atoms with van der Waals surface area (Å²) in [7, 11) is 1.42. The Morgan fingerprint density at radius 1 is 1.50 bits per heavy atom. The Labute approximate surface area is 120 Å². The van der Waals surface area contributed by atoms with E-state index in [-0.39, 0.29) is 11.4 Å². The van der Waals surface area contributed by atoms with Gasteiger partial charge in [0, 0.05) is 41.9 Å². The Hall–Kier alpha value is -2.15. The Morgan fingerprint density at radius 2 is 2.30 bits per heavy atom. The van der Waals surface area contributed by atoms with Crippen molar-refractivity contribution in [1.29, 1.82) is 0 Å². The number of thiazole rings is 1. The number of methoxy groups -OCH3 is 1. The average molecular weight is 293 g/mol. The molecule has 0 atom stereocenters. The first-order valence-corrected chi connectivity index (χ1v) is 6.95. The van der Waals surface area contributed by atoms with E-state index in [1.807, 2.05) is 12.3 Å². The van der Waals surface area contributed by atoms with Gasteiger partial charge in [-0.1, -0.05) is 0 Å². The van der Waals surface area contributed by atoms with Crippen LogP contribution in [-0.4, -0.2) is 23.6 Å². The average Bonchev–Trinajstić information content (AvgIpc) is 2.84. The van der Waals surface area contributed by atoms with Gasteiger partial charge in [0.15, 0.2) is 5.75 Å². The molecule has 0 radical (unpaired) electrons. The first-order valence-electron chi connectivity index (χ1n) is 6.07. The molecule has 20 heavy (non-hydrogen) atoms. The molecule has 1 aromatic carbocycles. The van der Waals surface area contributed by atoms with E-state index in [0.717, 1.165) is 22.8 Å². The van der Waals surface area contributed by atoms with E-state index >= 15 is 0 Å². The number of nitrogens with zero attached hydrogens (tertiary/aromatic N) is 2. The molecule has 2 rings (SSSR count). The summed E-state index contributed by atoms with van der Waals surface area (Å²) in [6.07, 6.45) is 0.817. The Kier molecular flexibility index (Phi) is 4.52. The van der Waals surface area contributed by atoms with Gasteiger partial charge in [0.25, 0.3) is 0 Å². The van der Waals surface area contributed by atoms with Gasteiger partial charge in [-0.3, -0.25) is 10.1 Å². The van der Waals surface area contributed by atoms with Crippen molar-refractivity contribution in [3.05, 3.63) is 44.4 Å². The predicted molar refractivity (Wildman–Crippen MR) is 78.7 cm³/mol. The molecule has 0 saturated heterocycles. The summed E-state index contributed by atoms with van der Waals surface area (Å²) in [5.74, 6) is 0.255. The van der Waals surface area contributed by atoms with Crippen LogP contribution in [0.3, 0.4) is 0 Å². The molecule has 0 aliphatic rings. The molecule has 0 saturated carbocycles. The first kappa shape index (κ1) is 14.3. The van der Waals surface area contributed by atoms with Crippen LogP contribution >= 0.6 is 11.3 Å². The van der Waals surface area contributed by atoms with Crippen molar-refractivity contribution in [2.45, 2.75) is 13.3 Å². The van der Waals surface area contributed by atoms with Gasteiger partial charge < -0.3 is 10.1 Å². The van der Waals surface area contributed by atoms with Crippen molar-refractivity contribution in [3.63, 3.8) is 0 Å². The quantitative estimate of drug-likeness (QED) is 0.654. The van der Waals surface area contributed by atoms with Crippen LogP contribution < -0.4 is 10.1 Å². The summed E-state index contributed by atoms with van der Waals surface area (Å²) >= 11 is 1.63. The number of anilines is 1. The molecule has 0 aliphatic heterocycles. The van der Waals surface area contributed by atoms with Crippen molar-refractivity contribution < 1.29 is 9.66 Å². The fourth-order valence-electron chi connectivity index (χ4n) is 1.77. The summed E-state index contributed by atoms with van der Waals surface area (Å²) in [4.78, 5) is 14.7.